The second kappa shape index (κ2) is 5.30. The van der Waals surface area contributed by atoms with Crippen molar-refractivity contribution in [2.45, 2.75) is 19.8 Å². The van der Waals surface area contributed by atoms with Crippen molar-refractivity contribution in [1.29, 1.82) is 0 Å². The van der Waals surface area contributed by atoms with Crippen LogP contribution in [0.5, 0.6) is 0 Å². The summed E-state index contributed by atoms with van der Waals surface area (Å²) in [6.07, 6.45) is 1.59. The highest BCUT2D eigenvalue weighted by molar-refractivity contribution is 7.22. The van der Waals surface area contributed by atoms with Gasteiger partial charge in [0.05, 0.1) is 16.1 Å². The predicted octanol–water partition coefficient (Wildman–Crippen LogP) is 2.37. The van der Waals surface area contributed by atoms with Crippen LogP contribution in [-0.2, 0) is 4.79 Å². The summed E-state index contributed by atoms with van der Waals surface area (Å²) in [7, 11) is 0. The number of thiazole rings is 1. The number of nitrogens with zero attached hydrogens (tertiary/aromatic N) is 3. The Bertz CT molecular complexity index is 646. The van der Waals surface area contributed by atoms with Gasteiger partial charge in [-0.3, -0.25) is 4.79 Å². The highest BCUT2D eigenvalue weighted by Gasteiger charge is 2.35. The average Bonchev–Trinajstić information content (AvgIpc) is 2.98. The third-order valence-corrected chi connectivity index (χ3v) is 4.44. The first-order valence-electron chi connectivity index (χ1n) is 6.65. The summed E-state index contributed by atoms with van der Waals surface area (Å²) in [6, 6.07) is 7.85. The van der Waals surface area contributed by atoms with E-state index in [9.17, 15) is 4.79 Å². The molecule has 6 heteroatoms. The lowest BCUT2D eigenvalue weighted by molar-refractivity contribution is -0.119. The minimum absolute atomic E-state index is 0.00926. The standard InChI is InChI=1S/C14H16N4OS/c1-9-10(5-4-8-15)13(19)18(17-9)14-16-11-6-2-3-7-12(11)20-14/h2-3,6-7,10H,4-5,8,15H2,1H3. The maximum absolute atomic E-state index is 12.4. The highest BCUT2D eigenvalue weighted by Crippen LogP contribution is 2.32. The van der Waals surface area contributed by atoms with Crippen LogP contribution >= 0.6 is 11.3 Å². The molecular formula is C14H16N4OS. The Hall–Kier alpha value is -1.79. The first kappa shape index (κ1) is 13.2. The van der Waals surface area contributed by atoms with Gasteiger partial charge in [0.1, 0.15) is 0 Å². The third kappa shape index (κ3) is 2.21. The van der Waals surface area contributed by atoms with E-state index in [0.717, 1.165) is 28.8 Å². The molecule has 1 atom stereocenters. The Morgan fingerprint density at radius 1 is 1.40 bits per heavy atom. The van der Waals surface area contributed by atoms with Gasteiger partial charge in [0.15, 0.2) is 0 Å². The quantitative estimate of drug-likeness (QED) is 0.938. The van der Waals surface area contributed by atoms with Crippen LogP contribution in [0.25, 0.3) is 10.2 Å². The Labute approximate surface area is 121 Å². The van der Waals surface area contributed by atoms with Crippen molar-refractivity contribution in [3.8, 4) is 0 Å². The van der Waals surface area contributed by atoms with Crippen molar-refractivity contribution in [1.82, 2.24) is 4.98 Å². The van der Waals surface area contributed by atoms with E-state index in [0.29, 0.717) is 11.7 Å². The molecule has 5 nitrogen and oxygen atoms in total. The molecule has 2 aromatic rings. The number of hydrogen-bond donors (Lipinski definition) is 1. The van der Waals surface area contributed by atoms with Crippen LogP contribution in [0.1, 0.15) is 19.8 Å². The Balaban J connectivity index is 1.89. The lowest BCUT2D eigenvalue weighted by atomic mass is 9.99. The number of carbonyl (C=O) groups is 1. The minimum atomic E-state index is -0.148. The van der Waals surface area contributed by atoms with Gasteiger partial charge >= 0.3 is 0 Å². The van der Waals surface area contributed by atoms with Crippen molar-refractivity contribution < 1.29 is 4.79 Å². The number of amides is 1. The second-order valence-electron chi connectivity index (χ2n) is 4.84. The minimum Gasteiger partial charge on any atom is -0.330 e. The summed E-state index contributed by atoms with van der Waals surface area (Å²) in [4.78, 5) is 16.9. The molecule has 0 bridgehead atoms. The number of fused-ring (bicyclic) bond motifs is 1. The summed E-state index contributed by atoms with van der Waals surface area (Å²) >= 11 is 1.49. The third-order valence-electron chi connectivity index (χ3n) is 3.43. The maximum Gasteiger partial charge on any atom is 0.258 e. The summed E-state index contributed by atoms with van der Waals surface area (Å²) in [5, 5.41) is 6.47. The summed E-state index contributed by atoms with van der Waals surface area (Å²) in [5.41, 5.74) is 7.27. The summed E-state index contributed by atoms with van der Waals surface area (Å²) in [6.45, 7) is 2.49. The van der Waals surface area contributed by atoms with Gasteiger partial charge in [-0.05, 0) is 38.4 Å². The number of carbonyl (C=O) groups excluding carboxylic acids is 1. The molecule has 2 N–H and O–H groups in total. The molecule has 20 heavy (non-hydrogen) atoms. The molecule has 0 aliphatic carbocycles. The zero-order valence-electron chi connectivity index (χ0n) is 11.2. The van der Waals surface area contributed by atoms with Gasteiger partial charge in [0.2, 0.25) is 5.13 Å². The molecule has 3 rings (SSSR count). The maximum atomic E-state index is 12.4. The molecule has 1 aliphatic heterocycles. The molecule has 0 radical (unpaired) electrons. The smallest absolute Gasteiger partial charge is 0.258 e. The molecule has 2 heterocycles. The first-order valence-corrected chi connectivity index (χ1v) is 7.47. The molecule has 1 amide bonds. The van der Waals surface area contributed by atoms with Crippen LogP contribution in [0.2, 0.25) is 0 Å². The van der Waals surface area contributed by atoms with Crippen molar-refractivity contribution in [2.24, 2.45) is 16.8 Å². The van der Waals surface area contributed by atoms with Crippen molar-refractivity contribution >= 4 is 38.3 Å². The van der Waals surface area contributed by atoms with E-state index >= 15 is 0 Å². The van der Waals surface area contributed by atoms with E-state index in [4.69, 9.17) is 5.73 Å². The number of hydrogen-bond acceptors (Lipinski definition) is 5. The Kier molecular flexibility index (Phi) is 3.50. The molecule has 0 fully saturated rings. The van der Waals surface area contributed by atoms with E-state index in [1.165, 1.54) is 16.3 Å². The molecule has 1 aromatic heterocycles. The molecule has 104 valence electrons. The van der Waals surface area contributed by atoms with Gasteiger partial charge in [0, 0.05) is 5.71 Å². The average molecular weight is 288 g/mol. The number of rotatable bonds is 4. The van der Waals surface area contributed by atoms with Crippen molar-refractivity contribution in [3.05, 3.63) is 24.3 Å². The second-order valence-corrected chi connectivity index (χ2v) is 5.85. The van der Waals surface area contributed by atoms with E-state index in [1.807, 2.05) is 31.2 Å². The number of hydrazone groups is 1. The van der Waals surface area contributed by atoms with Crippen molar-refractivity contribution in [2.75, 3.05) is 11.6 Å². The fourth-order valence-corrected chi connectivity index (χ4v) is 3.27. The predicted molar refractivity (Wildman–Crippen MR) is 82.0 cm³/mol. The molecular weight excluding hydrogens is 272 g/mol. The molecule has 1 aliphatic rings. The molecule has 1 unspecified atom stereocenters. The number of anilines is 1. The van der Waals surface area contributed by atoms with Crippen molar-refractivity contribution in [3.63, 3.8) is 0 Å². The lowest BCUT2D eigenvalue weighted by Gasteiger charge is -2.10. The van der Waals surface area contributed by atoms with E-state index in [2.05, 4.69) is 10.1 Å². The van der Waals surface area contributed by atoms with Gasteiger partial charge in [-0.1, -0.05) is 23.5 Å². The number of nitrogens with two attached hydrogens (primary N) is 1. The van der Waals surface area contributed by atoms with Crippen LogP contribution in [0.15, 0.2) is 29.4 Å². The van der Waals surface area contributed by atoms with E-state index in [-0.39, 0.29) is 11.8 Å². The van der Waals surface area contributed by atoms with E-state index in [1.54, 1.807) is 0 Å². The zero-order valence-corrected chi connectivity index (χ0v) is 12.1. The summed E-state index contributed by atoms with van der Waals surface area (Å²) < 4.78 is 1.06. The Morgan fingerprint density at radius 3 is 2.95 bits per heavy atom. The zero-order chi connectivity index (χ0) is 14.1. The van der Waals surface area contributed by atoms with Crippen LogP contribution < -0.4 is 10.7 Å². The molecule has 0 saturated heterocycles. The fourth-order valence-electron chi connectivity index (χ4n) is 2.35. The van der Waals surface area contributed by atoms with Crippen LogP contribution in [-0.4, -0.2) is 23.1 Å². The number of benzene rings is 1. The number of para-hydroxylation sites is 1. The topological polar surface area (TPSA) is 71.6 Å². The first-order chi connectivity index (χ1) is 9.70. The SMILES string of the molecule is CC1=NN(c2nc3ccccc3s2)C(=O)C1CCCN. The Morgan fingerprint density at radius 2 is 2.20 bits per heavy atom. The lowest BCUT2D eigenvalue weighted by Crippen LogP contribution is -2.27. The van der Waals surface area contributed by atoms with Gasteiger partial charge < -0.3 is 5.73 Å². The van der Waals surface area contributed by atoms with Crippen LogP contribution in [0.4, 0.5) is 5.13 Å². The van der Waals surface area contributed by atoms with E-state index < -0.39 is 0 Å². The normalized spacial score (nSPS) is 18.9. The molecule has 1 aromatic carbocycles. The van der Waals surface area contributed by atoms with Gasteiger partial charge in [-0.2, -0.15) is 10.1 Å². The largest absolute Gasteiger partial charge is 0.330 e. The molecule has 0 saturated carbocycles. The summed E-state index contributed by atoms with van der Waals surface area (Å²) in [5.74, 6) is -0.138. The van der Waals surface area contributed by atoms with Gasteiger partial charge in [-0.15, -0.1) is 0 Å². The molecule has 0 spiro atoms. The van der Waals surface area contributed by atoms with Crippen LogP contribution in [0, 0.1) is 5.92 Å². The number of aromatic nitrogens is 1. The van der Waals surface area contributed by atoms with Crippen LogP contribution in [0.3, 0.4) is 0 Å². The fraction of sp³-hybridized carbons (Fsp3) is 0.357. The monoisotopic (exact) mass is 288 g/mol. The van der Waals surface area contributed by atoms with Gasteiger partial charge in [0.25, 0.3) is 5.91 Å². The highest BCUT2D eigenvalue weighted by atomic mass is 32.1. The van der Waals surface area contributed by atoms with Gasteiger partial charge in [-0.25, -0.2) is 4.98 Å².